The van der Waals surface area contributed by atoms with Gasteiger partial charge < -0.3 is 5.32 Å². The SMILES string of the molecule is CC(C)C(C)C1(C(C)(C)C)CCCN1. The summed E-state index contributed by atoms with van der Waals surface area (Å²) in [4.78, 5) is 0. The molecule has 1 heteroatoms. The monoisotopic (exact) mass is 197 g/mol. The molecule has 1 rings (SSSR count). The molecule has 0 aliphatic carbocycles. The molecule has 0 spiro atoms. The van der Waals surface area contributed by atoms with Crippen LogP contribution in [0.25, 0.3) is 0 Å². The van der Waals surface area contributed by atoms with E-state index < -0.39 is 0 Å². The third-order valence-corrected chi connectivity index (χ3v) is 4.30. The molecule has 0 saturated carbocycles. The molecule has 0 aromatic heterocycles. The summed E-state index contributed by atoms with van der Waals surface area (Å²) in [5.41, 5.74) is 0.731. The summed E-state index contributed by atoms with van der Waals surface area (Å²) in [6.07, 6.45) is 2.68. The standard InChI is InChI=1S/C13H27N/c1-10(2)11(3)13(12(4,5)6)8-7-9-14-13/h10-11,14H,7-9H2,1-6H3. The van der Waals surface area contributed by atoms with Gasteiger partial charge in [-0.1, -0.05) is 41.5 Å². The average Bonchev–Trinajstić information content (AvgIpc) is 2.50. The van der Waals surface area contributed by atoms with E-state index in [2.05, 4.69) is 46.9 Å². The van der Waals surface area contributed by atoms with Crippen molar-refractivity contribution in [2.24, 2.45) is 17.3 Å². The van der Waals surface area contributed by atoms with Gasteiger partial charge >= 0.3 is 0 Å². The zero-order valence-electron chi connectivity index (χ0n) is 10.8. The summed E-state index contributed by atoms with van der Waals surface area (Å²) < 4.78 is 0. The first-order valence-electron chi connectivity index (χ1n) is 6.06. The van der Waals surface area contributed by atoms with Crippen molar-refractivity contribution in [2.75, 3.05) is 6.54 Å². The molecule has 0 aromatic carbocycles. The highest BCUT2D eigenvalue weighted by molar-refractivity contribution is 5.05. The predicted octanol–water partition coefficient (Wildman–Crippen LogP) is 3.45. The first-order valence-corrected chi connectivity index (χ1v) is 6.06. The van der Waals surface area contributed by atoms with Crippen LogP contribution in [0, 0.1) is 17.3 Å². The van der Waals surface area contributed by atoms with Crippen LogP contribution in [0.1, 0.15) is 54.4 Å². The highest BCUT2D eigenvalue weighted by Gasteiger charge is 2.48. The fourth-order valence-electron chi connectivity index (χ4n) is 3.05. The van der Waals surface area contributed by atoms with Gasteiger partial charge in [0.1, 0.15) is 0 Å². The van der Waals surface area contributed by atoms with Crippen molar-refractivity contribution in [1.82, 2.24) is 5.32 Å². The fraction of sp³-hybridized carbons (Fsp3) is 1.00. The lowest BCUT2D eigenvalue weighted by molar-refractivity contribution is 0.0702. The van der Waals surface area contributed by atoms with Gasteiger partial charge in [-0.15, -0.1) is 0 Å². The molecule has 84 valence electrons. The average molecular weight is 197 g/mol. The van der Waals surface area contributed by atoms with E-state index in [-0.39, 0.29) is 0 Å². The predicted molar refractivity (Wildman–Crippen MR) is 63.4 cm³/mol. The van der Waals surface area contributed by atoms with Crippen LogP contribution in [-0.4, -0.2) is 12.1 Å². The van der Waals surface area contributed by atoms with Crippen LogP contribution >= 0.6 is 0 Å². The number of nitrogens with one attached hydrogen (secondary N) is 1. The number of hydrogen-bond donors (Lipinski definition) is 1. The van der Waals surface area contributed by atoms with E-state index >= 15 is 0 Å². The smallest absolute Gasteiger partial charge is 0.0258 e. The molecule has 0 bridgehead atoms. The molecule has 1 saturated heterocycles. The Morgan fingerprint density at radius 2 is 1.71 bits per heavy atom. The van der Waals surface area contributed by atoms with Crippen LogP contribution in [0.5, 0.6) is 0 Å². The van der Waals surface area contributed by atoms with Crippen molar-refractivity contribution in [3.8, 4) is 0 Å². The molecule has 1 N–H and O–H groups in total. The number of rotatable bonds is 2. The van der Waals surface area contributed by atoms with Gasteiger partial charge in [0, 0.05) is 5.54 Å². The van der Waals surface area contributed by atoms with E-state index in [9.17, 15) is 0 Å². The van der Waals surface area contributed by atoms with Crippen molar-refractivity contribution in [3.05, 3.63) is 0 Å². The van der Waals surface area contributed by atoms with Crippen molar-refractivity contribution >= 4 is 0 Å². The van der Waals surface area contributed by atoms with Crippen LogP contribution in [0.3, 0.4) is 0 Å². The van der Waals surface area contributed by atoms with Crippen LogP contribution in [0.4, 0.5) is 0 Å². The van der Waals surface area contributed by atoms with E-state index in [1.165, 1.54) is 19.4 Å². The third kappa shape index (κ3) is 1.84. The second-order valence-electron chi connectivity index (χ2n) is 6.28. The van der Waals surface area contributed by atoms with Gasteiger partial charge in [0.15, 0.2) is 0 Å². The minimum absolute atomic E-state index is 0.362. The topological polar surface area (TPSA) is 12.0 Å². The van der Waals surface area contributed by atoms with Crippen LogP contribution in [0.15, 0.2) is 0 Å². The van der Waals surface area contributed by atoms with Gasteiger partial charge in [-0.05, 0) is 36.6 Å². The van der Waals surface area contributed by atoms with E-state index in [1.807, 2.05) is 0 Å². The highest BCUT2D eigenvalue weighted by Crippen LogP contribution is 2.45. The van der Waals surface area contributed by atoms with Gasteiger partial charge in [-0.25, -0.2) is 0 Å². The van der Waals surface area contributed by atoms with Crippen molar-refractivity contribution in [2.45, 2.75) is 59.9 Å². The first-order chi connectivity index (χ1) is 6.31. The summed E-state index contributed by atoms with van der Waals surface area (Å²) >= 11 is 0. The van der Waals surface area contributed by atoms with Crippen molar-refractivity contribution in [3.63, 3.8) is 0 Å². The molecule has 1 nitrogen and oxygen atoms in total. The molecule has 0 aromatic rings. The zero-order chi connectivity index (χ0) is 11.0. The molecule has 1 aliphatic rings. The largest absolute Gasteiger partial charge is 0.310 e. The van der Waals surface area contributed by atoms with Crippen LogP contribution < -0.4 is 5.32 Å². The van der Waals surface area contributed by atoms with Gasteiger partial charge in [-0.2, -0.15) is 0 Å². The molecular formula is C13H27N. The van der Waals surface area contributed by atoms with Gasteiger partial charge in [0.05, 0.1) is 0 Å². The maximum atomic E-state index is 3.79. The molecule has 2 atom stereocenters. The number of hydrogen-bond acceptors (Lipinski definition) is 1. The van der Waals surface area contributed by atoms with E-state index in [0.717, 1.165) is 11.8 Å². The lowest BCUT2D eigenvalue weighted by Crippen LogP contribution is -2.56. The first kappa shape index (κ1) is 12.0. The Balaban J connectivity index is 2.93. The maximum Gasteiger partial charge on any atom is 0.0258 e. The Labute approximate surface area is 89.7 Å². The maximum absolute atomic E-state index is 3.79. The fourth-order valence-corrected chi connectivity index (χ4v) is 3.05. The minimum Gasteiger partial charge on any atom is -0.310 e. The second-order valence-corrected chi connectivity index (χ2v) is 6.28. The van der Waals surface area contributed by atoms with E-state index in [4.69, 9.17) is 0 Å². The molecule has 2 unspecified atom stereocenters. The molecule has 1 aliphatic heterocycles. The summed E-state index contributed by atoms with van der Waals surface area (Å²) in [5, 5.41) is 3.79. The Bertz CT molecular complexity index is 182. The molecular weight excluding hydrogens is 170 g/mol. The molecule has 1 fully saturated rings. The van der Waals surface area contributed by atoms with E-state index in [0.29, 0.717) is 11.0 Å². The van der Waals surface area contributed by atoms with Crippen LogP contribution in [0.2, 0.25) is 0 Å². The quantitative estimate of drug-likeness (QED) is 0.715. The summed E-state index contributed by atoms with van der Waals surface area (Å²) in [5.74, 6) is 1.52. The molecule has 1 heterocycles. The summed E-state index contributed by atoms with van der Waals surface area (Å²) in [7, 11) is 0. The lowest BCUT2D eigenvalue weighted by Gasteiger charge is -2.48. The zero-order valence-corrected chi connectivity index (χ0v) is 10.8. The minimum atomic E-state index is 0.362. The van der Waals surface area contributed by atoms with Gasteiger partial charge in [0.2, 0.25) is 0 Å². The molecule has 14 heavy (non-hydrogen) atoms. The highest BCUT2D eigenvalue weighted by atomic mass is 15.0. The van der Waals surface area contributed by atoms with Crippen molar-refractivity contribution < 1.29 is 0 Å². The third-order valence-electron chi connectivity index (χ3n) is 4.30. The van der Waals surface area contributed by atoms with Crippen LogP contribution in [-0.2, 0) is 0 Å². The molecule has 0 radical (unpaired) electrons. The lowest BCUT2D eigenvalue weighted by atomic mass is 9.63. The Morgan fingerprint density at radius 1 is 1.14 bits per heavy atom. The summed E-state index contributed by atoms with van der Waals surface area (Å²) in [6.45, 7) is 15.4. The Kier molecular flexibility index (Phi) is 3.30. The van der Waals surface area contributed by atoms with Crippen molar-refractivity contribution in [1.29, 1.82) is 0 Å². The second kappa shape index (κ2) is 3.84. The van der Waals surface area contributed by atoms with E-state index in [1.54, 1.807) is 0 Å². The normalized spacial score (nSPS) is 31.1. The van der Waals surface area contributed by atoms with Gasteiger partial charge in [0.25, 0.3) is 0 Å². The Morgan fingerprint density at radius 3 is 2.00 bits per heavy atom. The Hall–Kier alpha value is -0.0400. The van der Waals surface area contributed by atoms with Gasteiger partial charge in [-0.3, -0.25) is 0 Å². The summed E-state index contributed by atoms with van der Waals surface area (Å²) in [6, 6.07) is 0. The molecule has 0 amide bonds.